The molecular formula is C15H13BN2O8. The summed E-state index contributed by atoms with van der Waals surface area (Å²) < 4.78 is 4.95. The summed E-state index contributed by atoms with van der Waals surface area (Å²) in [6.07, 6.45) is -0.888. The minimum Gasteiger partial charge on any atom is -0.477 e. The van der Waals surface area contributed by atoms with E-state index in [1.54, 1.807) is 0 Å². The molecule has 2 aromatic carbocycles. The number of carboxylic acid groups (broad SMARTS) is 1. The molecule has 0 heterocycles. The first-order chi connectivity index (χ1) is 12.3. The number of anilines is 1. The lowest BCUT2D eigenvalue weighted by atomic mass is 9.80. The summed E-state index contributed by atoms with van der Waals surface area (Å²) in [7, 11) is -1.60. The predicted molar refractivity (Wildman–Crippen MR) is 90.1 cm³/mol. The molecule has 0 saturated heterocycles. The average Bonchev–Trinajstić information content (AvgIpc) is 2.60. The fourth-order valence-corrected chi connectivity index (χ4v) is 2.03. The maximum Gasteiger partial charge on any atom is 0.488 e. The van der Waals surface area contributed by atoms with Crippen LogP contribution in [0.25, 0.3) is 0 Å². The zero-order chi connectivity index (χ0) is 19.3. The van der Waals surface area contributed by atoms with Crippen LogP contribution in [-0.4, -0.2) is 39.3 Å². The van der Waals surface area contributed by atoms with E-state index < -0.39 is 35.4 Å². The molecule has 0 bridgehead atoms. The number of nitrogens with zero attached hydrogens (tertiary/aromatic N) is 1. The Bertz CT molecular complexity index is 838. The lowest BCUT2D eigenvalue weighted by Gasteiger charge is -2.08. The lowest BCUT2D eigenvalue weighted by molar-refractivity contribution is -0.385. The van der Waals surface area contributed by atoms with E-state index >= 15 is 0 Å². The smallest absolute Gasteiger partial charge is 0.477 e. The van der Waals surface area contributed by atoms with Gasteiger partial charge in [-0.15, -0.1) is 0 Å². The van der Waals surface area contributed by atoms with Gasteiger partial charge in [-0.2, -0.15) is 0 Å². The van der Waals surface area contributed by atoms with Crippen molar-refractivity contribution >= 4 is 36.0 Å². The first-order valence-corrected chi connectivity index (χ1v) is 7.18. The highest BCUT2D eigenvalue weighted by Crippen LogP contribution is 2.22. The zero-order valence-electron chi connectivity index (χ0n) is 13.2. The van der Waals surface area contributed by atoms with Crippen LogP contribution in [0.3, 0.4) is 0 Å². The first-order valence-electron chi connectivity index (χ1n) is 7.18. The molecule has 2 rings (SSSR count). The van der Waals surface area contributed by atoms with E-state index in [-0.39, 0.29) is 17.8 Å². The van der Waals surface area contributed by atoms with Gasteiger partial charge in [0, 0.05) is 11.8 Å². The third-order valence-electron chi connectivity index (χ3n) is 3.32. The van der Waals surface area contributed by atoms with Gasteiger partial charge in [-0.25, -0.2) is 9.59 Å². The van der Waals surface area contributed by atoms with Crippen LogP contribution in [0.2, 0.25) is 0 Å². The van der Waals surface area contributed by atoms with Gasteiger partial charge < -0.3 is 19.9 Å². The largest absolute Gasteiger partial charge is 0.488 e. The standard InChI is InChI=1S/C15H13BN2O8/c19-14(20)12-7-11(5-6-13(12)18(24)25)17-15(21)26-8-9-1-3-10(4-2-9)16(22)23/h1-7,22-23H,8H2,(H,17,21)(H,19,20). The molecule has 0 aliphatic rings. The molecule has 10 nitrogen and oxygen atoms in total. The highest BCUT2D eigenvalue weighted by Gasteiger charge is 2.20. The van der Waals surface area contributed by atoms with Crippen LogP contribution in [0, 0.1) is 10.1 Å². The summed E-state index contributed by atoms with van der Waals surface area (Å²) in [5.41, 5.74) is -0.268. The fourth-order valence-electron chi connectivity index (χ4n) is 2.03. The summed E-state index contributed by atoms with van der Waals surface area (Å²) in [5, 5.41) is 40.0. The monoisotopic (exact) mass is 360 g/mol. The van der Waals surface area contributed by atoms with Crippen molar-refractivity contribution in [2.75, 3.05) is 5.32 Å². The van der Waals surface area contributed by atoms with Crippen molar-refractivity contribution in [1.29, 1.82) is 0 Å². The molecular weight excluding hydrogens is 347 g/mol. The number of hydrogen-bond donors (Lipinski definition) is 4. The number of nitro groups is 1. The maximum absolute atomic E-state index is 11.8. The van der Waals surface area contributed by atoms with Crippen molar-refractivity contribution < 1.29 is 34.4 Å². The molecule has 0 aliphatic carbocycles. The highest BCUT2D eigenvalue weighted by molar-refractivity contribution is 6.58. The number of ether oxygens (including phenoxy) is 1. The number of aromatic carboxylic acids is 1. The number of nitrogens with one attached hydrogen (secondary N) is 1. The number of benzene rings is 2. The maximum atomic E-state index is 11.8. The van der Waals surface area contributed by atoms with Gasteiger partial charge in [-0.1, -0.05) is 24.3 Å². The Morgan fingerprint density at radius 2 is 1.81 bits per heavy atom. The van der Waals surface area contributed by atoms with Gasteiger partial charge in [0.15, 0.2) is 0 Å². The Kier molecular flexibility index (Phi) is 5.88. The minimum atomic E-state index is -1.60. The molecule has 1 amide bonds. The SMILES string of the molecule is O=C(Nc1ccc([N+](=O)[O-])c(C(=O)O)c1)OCc1ccc(B(O)O)cc1. The van der Waals surface area contributed by atoms with Gasteiger partial charge in [0.1, 0.15) is 12.2 Å². The zero-order valence-corrected chi connectivity index (χ0v) is 13.2. The Hall–Kier alpha value is -3.44. The van der Waals surface area contributed by atoms with E-state index in [9.17, 15) is 19.7 Å². The minimum absolute atomic E-state index is 0.0248. The first kappa shape index (κ1) is 18.9. The van der Waals surface area contributed by atoms with Crippen molar-refractivity contribution in [2.24, 2.45) is 0 Å². The van der Waals surface area contributed by atoms with Crippen LogP contribution in [0.1, 0.15) is 15.9 Å². The second-order valence-corrected chi connectivity index (χ2v) is 5.11. The van der Waals surface area contributed by atoms with Crippen LogP contribution < -0.4 is 10.8 Å². The van der Waals surface area contributed by atoms with Crippen LogP contribution in [0.5, 0.6) is 0 Å². The van der Waals surface area contributed by atoms with Crippen LogP contribution in [0.15, 0.2) is 42.5 Å². The Morgan fingerprint density at radius 1 is 1.15 bits per heavy atom. The van der Waals surface area contributed by atoms with Crippen LogP contribution in [0.4, 0.5) is 16.2 Å². The van der Waals surface area contributed by atoms with Gasteiger partial charge in [0.05, 0.1) is 4.92 Å². The van der Waals surface area contributed by atoms with Gasteiger partial charge in [0.2, 0.25) is 0 Å². The highest BCUT2D eigenvalue weighted by atomic mass is 16.6. The van der Waals surface area contributed by atoms with Crippen molar-refractivity contribution in [3.63, 3.8) is 0 Å². The Morgan fingerprint density at radius 3 is 2.35 bits per heavy atom. The third-order valence-corrected chi connectivity index (χ3v) is 3.32. The van der Waals surface area contributed by atoms with E-state index in [4.69, 9.17) is 19.9 Å². The van der Waals surface area contributed by atoms with Crippen molar-refractivity contribution in [3.05, 3.63) is 63.7 Å². The molecule has 0 saturated carbocycles. The number of rotatable bonds is 6. The second-order valence-electron chi connectivity index (χ2n) is 5.11. The number of carbonyl (C=O) groups is 2. The number of carboxylic acids is 1. The molecule has 0 fully saturated rings. The summed E-state index contributed by atoms with van der Waals surface area (Å²) in [6.45, 7) is -0.119. The molecule has 2 aromatic rings. The van der Waals surface area contributed by atoms with Crippen molar-refractivity contribution in [3.8, 4) is 0 Å². The quantitative estimate of drug-likeness (QED) is 0.333. The number of hydrogen-bond acceptors (Lipinski definition) is 7. The fraction of sp³-hybridized carbons (Fsp3) is 0.0667. The molecule has 0 atom stereocenters. The van der Waals surface area contributed by atoms with E-state index in [0.717, 1.165) is 12.1 Å². The van der Waals surface area contributed by atoms with E-state index in [0.29, 0.717) is 5.56 Å². The molecule has 0 spiro atoms. The summed E-state index contributed by atoms with van der Waals surface area (Å²) in [4.78, 5) is 32.8. The van der Waals surface area contributed by atoms with Gasteiger partial charge in [-0.05, 0) is 23.2 Å². The predicted octanol–water partition coefficient (Wildman–Crippen LogP) is 0.721. The molecule has 0 aliphatic heterocycles. The molecule has 0 unspecified atom stereocenters. The summed E-state index contributed by atoms with van der Waals surface area (Å²) in [5.74, 6) is -1.50. The Labute approximate surface area is 146 Å². The van der Waals surface area contributed by atoms with Gasteiger partial charge in [-0.3, -0.25) is 15.4 Å². The van der Waals surface area contributed by atoms with E-state index in [1.165, 1.54) is 30.3 Å². The number of amides is 1. The van der Waals surface area contributed by atoms with Crippen molar-refractivity contribution in [1.82, 2.24) is 0 Å². The molecule has 11 heteroatoms. The molecule has 26 heavy (non-hydrogen) atoms. The Balaban J connectivity index is 2.00. The molecule has 0 aromatic heterocycles. The third kappa shape index (κ3) is 4.78. The van der Waals surface area contributed by atoms with Gasteiger partial charge in [0.25, 0.3) is 5.69 Å². The summed E-state index contributed by atoms with van der Waals surface area (Å²) in [6, 6.07) is 9.10. The molecule has 4 N–H and O–H groups in total. The van der Waals surface area contributed by atoms with E-state index in [2.05, 4.69) is 5.32 Å². The summed E-state index contributed by atoms with van der Waals surface area (Å²) >= 11 is 0. The number of carbonyl (C=O) groups excluding carboxylic acids is 1. The van der Waals surface area contributed by atoms with Crippen molar-refractivity contribution in [2.45, 2.75) is 6.61 Å². The average molecular weight is 360 g/mol. The van der Waals surface area contributed by atoms with E-state index in [1.807, 2.05) is 0 Å². The second kappa shape index (κ2) is 8.10. The van der Waals surface area contributed by atoms with Crippen LogP contribution in [-0.2, 0) is 11.3 Å². The lowest BCUT2D eigenvalue weighted by Crippen LogP contribution is -2.29. The van der Waals surface area contributed by atoms with Gasteiger partial charge >= 0.3 is 19.2 Å². The molecule has 0 radical (unpaired) electrons. The normalized spacial score (nSPS) is 10.1. The number of nitro benzene ring substituents is 1. The van der Waals surface area contributed by atoms with Crippen LogP contribution >= 0.6 is 0 Å². The molecule has 134 valence electrons. The topological polar surface area (TPSA) is 159 Å².